The second kappa shape index (κ2) is 4.55. The predicted molar refractivity (Wildman–Crippen MR) is 54.8 cm³/mol. The van der Waals surface area contributed by atoms with Crippen LogP contribution in [0.1, 0.15) is 25.8 Å². The van der Waals surface area contributed by atoms with E-state index in [1.54, 1.807) is 24.7 Å². The van der Waals surface area contributed by atoms with Gasteiger partial charge in [-0.1, -0.05) is 0 Å². The zero-order valence-corrected chi connectivity index (χ0v) is 8.83. The molecule has 0 saturated heterocycles. The van der Waals surface area contributed by atoms with Crippen molar-refractivity contribution in [3.63, 3.8) is 0 Å². The highest BCUT2D eigenvalue weighted by Gasteiger charge is 2.15. The maximum atomic E-state index is 13.2. The molecule has 0 saturated carbocycles. The normalized spacial score (nSPS) is 12.0. The highest BCUT2D eigenvalue weighted by molar-refractivity contribution is 5.04. The van der Waals surface area contributed by atoms with Crippen LogP contribution in [0.4, 0.5) is 4.39 Å². The lowest BCUT2D eigenvalue weighted by Crippen LogP contribution is -2.15. The molecule has 0 spiro atoms. The molecule has 1 aromatic rings. The van der Waals surface area contributed by atoms with Gasteiger partial charge >= 0.3 is 0 Å². The maximum absolute atomic E-state index is 13.2. The van der Waals surface area contributed by atoms with Gasteiger partial charge in [-0.3, -0.25) is 4.68 Å². The van der Waals surface area contributed by atoms with Gasteiger partial charge in [-0.05, 0) is 32.4 Å². The van der Waals surface area contributed by atoms with Crippen LogP contribution < -0.4 is 5.73 Å². The van der Waals surface area contributed by atoms with Crippen LogP contribution >= 0.6 is 0 Å². The molecule has 2 N–H and O–H groups in total. The van der Waals surface area contributed by atoms with Crippen LogP contribution in [0.25, 0.3) is 0 Å². The first-order valence-corrected chi connectivity index (χ1v) is 4.91. The summed E-state index contributed by atoms with van der Waals surface area (Å²) in [6, 6.07) is 0. The van der Waals surface area contributed by atoms with E-state index in [2.05, 4.69) is 5.10 Å². The molecule has 1 aromatic heterocycles. The minimum Gasteiger partial charge on any atom is -0.330 e. The Labute approximate surface area is 84.1 Å². The first-order valence-electron chi connectivity index (χ1n) is 4.91. The maximum Gasteiger partial charge on any atom is 0.107 e. The summed E-state index contributed by atoms with van der Waals surface area (Å²) in [5.74, 6) is 0. The van der Waals surface area contributed by atoms with Crippen LogP contribution in [0.2, 0.25) is 0 Å². The third kappa shape index (κ3) is 3.87. The van der Waals surface area contributed by atoms with Crippen molar-refractivity contribution in [3.8, 4) is 0 Å². The van der Waals surface area contributed by atoms with Gasteiger partial charge in [-0.2, -0.15) is 5.10 Å². The topological polar surface area (TPSA) is 43.8 Å². The van der Waals surface area contributed by atoms with E-state index in [1.165, 1.54) is 0 Å². The zero-order valence-electron chi connectivity index (χ0n) is 8.83. The SMILES string of the molecule is CC(C)(F)CCn1cc(CCN)cn1. The molecule has 80 valence electrons. The van der Waals surface area contributed by atoms with E-state index in [9.17, 15) is 4.39 Å². The molecule has 0 amide bonds. The summed E-state index contributed by atoms with van der Waals surface area (Å²) >= 11 is 0. The van der Waals surface area contributed by atoms with Crippen LogP contribution in [0.5, 0.6) is 0 Å². The largest absolute Gasteiger partial charge is 0.330 e. The third-order valence-corrected chi connectivity index (χ3v) is 2.06. The number of hydrogen-bond donors (Lipinski definition) is 1. The molecule has 0 radical (unpaired) electrons. The smallest absolute Gasteiger partial charge is 0.107 e. The molecule has 1 heterocycles. The summed E-state index contributed by atoms with van der Waals surface area (Å²) in [5.41, 5.74) is 5.41. The quantitative estimate of drug-likeness (QED) is 0.781. The van der Waals surface area contributed by atoms with Gasteiger partial charge in [-0.25, -0.2) is 4.39 Å². The van der Waals surface area contributed by atoms with Gasteiger partial charge in [0.1, 0.15) is 5.67 Å². The Morgan fingerprint density at radius 3 is 2.86 bits per heavy atom. The number of nitrogens with zero attached hydrogens (tertiary/aromatic N) is 2. The number of nitrogens with two attached hydrogens (primary N) is 1. The summed E-state index contributed by atoms with van der Waals surface area (Å²) in [6.45, 7) is 4.41. The Morgan fingerprint density at radius 1 is 1.57 bits per heavy atom. The van der Waals surface area contributed by atoms with Crippen LogP contribution in [0.15, 0.2) is 12.4 Å². The molecule has 0 unspecified atom stereocenters. The van der Waals surface area contributed by atoms with E-state index < -0.39 is 5.67 Å². The zero-order chi connectivity index (χ0) is 10.6. The molecule has 3 nitrogen and oxygen atoms in total. The molecule has 0 aliphatic rings. The molecule has 14 heavy (non-hydrogen) atoms. The fourth-order valence-corrected chi connectivity index (χ4v) is 1.20. The molecule has 0 atom stereocenters. The van der Waals surface area contributed by atoms with Gasteiger partial charge in [0, 0.05) is 19.2 Å². The Hall–Kier alpha value is -0.900. The van der Waals surface area contributed by atoms with Gasteiger partial charge in [0.25, 0.3) is 0 Å². The average molecular weight is 199 g/mol. The number of rotatable bonds is 5. The van der Waals surface area contributed by atoms with Gasteiger partial charge in [0.15, 0.2) is 0 Å². The Balaban J connectivity index is 2.44. The Kier molecular flexibility index (Phi) is 3.63. The van der Waals surface area contributed by atoms with Gasteiger partial charge < -0.3 is 5.73 Å². The number of hydrogen-bond acceptors (Lipinski definition) is 2. The Bertz CT molecular complexity index is 275. The molecular formula is C10H18FN3. The number of aromatic nitrogens is 2. The van der Waals surface area contributed by atoms with Crippen molar-refractivity contribution in [3.05, 3.63) is 18.0 Å². The van der Waals surface area contributed by atoms with E-state index in [4.69, 9.17) is 5.73 Å². The summed E-state index contributed by atoms with van der Waals surface area (Å²) in [5, 5.41) is 4.13. The van der Waals surface area contributed by atoms with Crippen molar-refractivity contribution >= 4 is 0 Å². The van der Waals surface area contributed by atoms with E-state index in [0.29, 0.717) is 19.5 Å². The van der Waals surface area contributed by atoms with E-state index in [1.807, 2.05) is 6.20 Å². The van der Waals surface area contributed by atoms with Crippen LogP contribution in [0, 0.1) is 0 Å². The van der Waals surface area contributed by atoms with Gasteiger partial charge in [0.2, 0.25) is 0 Å². The van der Waals surface area contributed by atoms with Crippen molar-refractivity contribution in [1.82, 2.24) is 9.78 Å². The summed E-state index contributed by atoms with van der Waals surface area (Å²) in [6.07, 6.45) is 5.03. The molecule has 0 aliphatic heterocycles. The molecule has 1 rings (SSSR count). The van der Waals surface area contributed by atoms with Crippen LogP contribution in [0.3, 0.4) is 0 Å². The molecule has 0 aromatic carbocycles. The predicted octanol–water partition coefficient (Wildman–Crippen LogP) is 1.52. The molecule has 0 bridgehead atoms. The lowest BCUT2D eigenvalue weighted by atomic mass is 10.1. The molecule has 0 aliphatic carbocycles. The van der Waals surface area contributed by atoms with Gasteiger partial charge in [0.05, 0.1) is 6.20 Å². The standard InChI is InChI=1S/C10H18FN3/c1-10(2,11)4-6-14-8-9(3-5-12)7-13-14/h7-8H,3-6,12H2,1-2H3. The number of alkyl halides is 1. The van der Waals surface area contributed by atoms with Crippen LogP contribution in [-0.2, 0) is 13.0 Å². The molecule has 4 heteroatoms. The van der Waals surface area contributed by atoms with E-state index in [-0.39, 0.29) is 0 Å². The fraction of sp³-hybridized carbons (Fsp3) is 0.700. The summed E-state index contributed by atoms with van der Waals surface area (Å²) in [4.78, 5) is 0. The summed E-state index contributed by atoms with van der Waals surface area (Å²) < 4.78 is 14.9. The molecular weight excluding hydrogens is 181 g/mol. The third-order valence-electron chi connectivity index (χ3n) is 2.06. The van der Waals surface area contributed by atoms with E-state index in [0.717, 1.165) is 12.0 Å². The van der Waals surface area contributed by atoms with Crippen LogP contribution in [-0.4, -0.2) is 22.0 Å². The lowest BCUT2D eigenvalue weighted by Gasteiger charge is -2.13. The first kappa shape index (κ1) is 11.2. The highest BCUT2D eigenvalue weighted by atomic mass is 19.1. The first-order chi connectivity index (χ1) is 6.51. The molecule has 0 fully saturated rings. The van der Waals surface area contributed by atoms with Gasteiger partial charge in [-0.15, -0.1) is 0 Å². The van der Waals surface area contributed by atoms with Crippen molar-refractivity contribution in [2.24, 2.45) is 5.73 Å². The summed E-state index contributed by atoms with van der Waals surface area (Å²) in [7, 11) is 0. The second-order valence-electron chi connectivity index (χ2n) is 4.12. The minimum atomic E-state index is -1.13. The monoisotopic (exact) mass is 199 g/mol. The lowest BCUT2D eigenvalue weighted by molar-refractivity contribution is 0.189. The number of halogens is 1. The van der Waals surface area contributed by atoms with Crippen molar-refractivity contribution in [1.29, 1.82) is 0 Å². The highest BCUT2D eigenvalue weighted by Crippen LogP contribution is 2.14. The van der Waals surface area contributed by atoms with Crippen molar-refractivity contribution in [2.75, 3.05) is 6.54 Å². The number of aryl methyl sites for hydroxylation is 1. The van der Waals surface area contributed by atoms with E-state index >= 15 is 0 Å². The second-order valence-corrected chi connectivity index (χ2v) is 4.12. The van der Waals surface area contributed by atoms with Crippen molar-refractivity contribution < 1.29 is 4.39 Å². The fourth-order valence-electron chi connectivity index (χ4n) is 1.20. The van der Waals surface area contributed by atoms with Crippen molar-refractivity contribution in [2.45, 2.75) is 38.9 Å². The average Bonchev–Trinajstić information content (AvgIpc) is 2.49. The Morgan fingerprint density at radius 2 is 2.29 bits per heavy atom. The minimum absolute atomic E-state index is 0.483.